The van der Waals surface area contributed by atoms with E-state index in [-0.39, 0.29) is 6.61 Å². The number of hydrogen-bond donors (Lipinski definition) is 3. The van der Waals surface area contributed by atoms with Crippen molar-refractivity contribution in [2.45, 2.75) is 38.1 Å². The van der Waals surface area contributed by atoms with Gasteiger partial charge in [0.15, 0.2) is 5.84 Å². The predicted molar refractivity (Wildman–Crippen MR) is 86.3 cm³/mol. The highest BCUT2D eigenvalue weighted by molar-refractivity contribution is 6.02. The molecule has 24 heavy (non-hydrogen) atoms. The van der Waals surface area contributed by atoms with Gasteiger partial charge < -0.3 is 34.6 Å². The second-order valence-corrected chi connectivity index (χ2v) is 5.97. The van der Waals surface area contributed by atoms with Crippen molar-refractivity contribution >= 4 is 11.7 Å². The molecule has 0 aromatic rings. The van der Waals surface area contributed by atoms with Crippen molar-refractivity contribution in [1.82, 2.24) is 9.80 Å². The van der Waals surface area contributed by atoms with E-state index in [1.54, 1.807) is 12.3 Å². The quantitative estimate of drug-likeness (QED) is 0.424. The molecule has 3 aliphatic heterocycles. The number of nitrogens with zero attached hydrogens (tertiary/aromatic N) is 4. The minimum atomic E-state index is -1.14. The standard InChI is InChI=1S/C15H24N4O5/c1-10(18-4-6-23-7-5-18)16-13-2-3-19(15(22)17-13)14-8-11(21)12(9-20)24-14/h2-3,11-12,14-15,20-22H,4-9H2,1H3/b16-10-/t11-,12-,14-,15-/m1/s1. The fourth-order valence-corrected chi connectivity index (χ4v) is 2.96. The molecule has 0 spiro atoms. The Kier molecular flexibility index (Phi) is 5.47. The summed E-state index contributed by atoms with van der Waals surface area (Å²) in [4.78, 5) is 12.2. The van der Waals surface area contributed by atoms with Crippen molar-refractivity contribution in [2.75, 3.05) is 32.9 Å². The molecular formula is C15H24N4O5. The highest BCUT2D eigenvalue weighted by Crippen LogP contribution is 2.26. The van der Waals surface area contributed by atoms with E-state index in [0.29, 0.717) is 25.5 Å². The summed E-state index contributed by atoms with van der Waals surface area (Å²) in [6, 6.07) is 0. The Morgan fingerprint density at radius 2 is 2.12 bits per heavy atom. The van der Waals surface area contributed by atoms with Crippen LogP contribution in [0, 0.1) is 0 Å². The molecule has 0 saturated carbocycles. The first-order valence-corrected chi connectivity index (χ1v) is 8.12. The summed E-state index contributed by atoms with van der Waals surface area (Å²) >= 11 is 0. The fourth-order valence-electron chi connectivity index (χ4n) is 2.96. The molecule has 134 valence electrons. The van der Waals surface area contributed by atoms with Gasteiger partial charge in [-0.2, -0.15) is 0 Å². The number of aliphatic hydroxyl groups is 3. The number of hydrogen-bond acceptors (Lipinski definition) is 8. The molecule has 3 aliphatic rings. The first kappa shape index (κ1) is 17.3. The third kappa shape index (κ3) is 3.76. The van der Waals surface area contributed by atoms with E-state index in [1.807, 2.05) is 6.92 Å². The van der Waals surface area contributed by atoms with Crippen LogP contribution >= 0.6 is 0 Å². The summed E-state index contributed by atoms with van der Waals surface area (Å²) in [6.45, 7) is 4.58. The zero-order chi connectivity index (χ0) is 17.1. The zero-order valence-corrected chi connectivity index (χ0v) is 13.7. The van der Waals surface area contributed by atoms with E-state index in [0.717, 1.165) is 18.9 Å². The molecule has 3 N–H and O–H groups in total. The van der Waals surface area contributed by atoms with Crippen LogP contribution in [-0.2, 0) is 9.47 Å². The van der Waals surface area contributed by atoms with Gasteiger partial charge in [0.25, 0.3) is 0 Å². The molecule has 2 saturated heterocycles. The second-order valence-electron chi connectivity index (χ2n) is 5.97. The lowest BCUT2D eigenvalue weighted by Gasteiger charge is -2.32. The highest BCUT2D eigenvalue weighted by atomic mass is 16.5. The molecule has 9 nitrogen and oxygen atoms in total. The van der Waals surface area contributed by atoms with Crippen LogP contribution in [-0.4, -0.2) is 94.5 Å². The summed E-state index contributed by atoms with van der Waals surface area (Å²) in [5.41, 5.74) is 0. The smallest absolute Gasteiger partial charge is 0.229 e. The van der Waals surface area contributed by atoms with E-state index in [4.69, 9.17) is 14.6 Å². The van der Waals surface area contributed by atoms with Crippen LogP contribution in [0.3, 0.4) is 0 Å². The van der Waals surface area contributed by atoms with Gasteiger partial charge in [0, 0.05) is 25.7 Å². The number of amidine groups is 2. The highest BCUT2D eigenvalue weighted by Gasteiger charge is 2.38. The third-order valence-corrected chi connectivity index (χ3v) is 4.37. The number of aliphatic hydroxyl groups excluding tert-OH is 3. The van der Waals surface area contributed by atoms with Crippen LogP contribution in [0.4, 0.5) is 0 Å². The van der Waals surface area contributed by atoms with Gasteiger partial charge in [-0.1, -0.05) is 0 Å². The Morgan fingerprint density at radius 3 is 2.75 bits per heavy atom. The second kappa shape index (κ2) is 7.58. The van der Waals surface area contributed by atoms with E-state index in [2.05, 4.69) is 14.9 Å². The molecule has 0 aromatic carbocycles. The summed E-state index contributed by atoms with van der Waals surface area (Å²) in [6.07, 6.45) is 0.584. The van der Waals surface area contributed by atoms with Crippen molar-refractivity contribution < 1.29 is 24.8 Å². The molecule has 3 rings (SSSR count). The largest absolute Gasteiger partial charge is 0.394 e. The molecule has 3 heterocycles. The molecule has 0 aliphatic carbocycles. The lowest BCUT2D eigenvalue weighted by molar-refractivity contribution is -0.110. The van der Waals surface area contributed by atoms with Gasteiger partial charge >= 0.3 is 0 Å². The number of morpholine rings is 1. The van der Waals surface area contributed by atoms with Crippen LogP contribution in [0.2, 0.25) is 0 Å². The maximum atomic E-state index is 10.2. The van der Waals surface area contributed by atoms with Gasteiger partial charge in [0.1, 0.15) is 18.2 Å². The molecule has 4 atom stereocenters. The molecular weight excluding hydrogens is 316 g/mol. The lowest BCUT2D eigenvalue weighted by atomic mass is 10.2. The maximum Gasteiger partial charge on any atom is 0.229 e. The van der Waals surface area contributed by atoms with Crippen LogP contribution < -0.4 is 0 Å². The molecule has 0 unspecified atom stereocenters. The van der Waals surface area contributed by atoms with Crippen molar-refractivity contribution in [3.63, 3.8) is 0 Å². The van der Waals surface area contributed by atoms with E-state index < -0.39 is 24.8 Å². The Bertz CT molecular complexity index is 532. The Balaban J connectivity index is 1.62. The molecule has 0 aromatic heterocycles. The summed E-state index contributed by atoms with van der Waals surface area (Å²) < 4.78 is 10.8. The predicted octanol–water partition coefficient (Wildman–Crippen LogP) is -1.29. The average molecular weight is 340 g/mol. The molecule has 9 heteroatoms. The SMILES string of the molecule is C/C(=N/C1=N[C@@H](O)N([C@H]2C[C@@H](O)[C@@H](CO)O2)C=C1)N1CCOCC1. The van der Waals surface area contributed by atoms with Crippen LogP contribution in [0.25, 0.3) is 0 Å². The number of aliphatic imine (C=N–C) groups is 2. The zero-order valence-electron chi connectivity index (χ0n) is 13.7. The van der Waals surface area contributed by atoms with Gasteiger partial charge in [0.2, 0.25) is 6.35 Å². The molecule has 0 bridgehead atoms. The number of ether oxygens (including phenoxy) is 2. The molecule has 2 fully saturated rings. The van der Waals surface area contributed by atoms with Crippen molar-refractivity contribution in [3.8, 4) is 0 Å². The lowest BCUT2D eigenvalue weighted by Crippen LogP contribution is -2.42. The van der Waals surface area contributed by atoms with Crippen molar-refractivity contribution in [2.24, 2.45) is 9.98 Å². The monoisotopic (exact) mass is 340 g/mol. The summed E-state index contributed by atoms with van der Waals surface area (Å²) in [5.74, 6) is 1.26. The Hall–Kier alpha value is -1.52. The first-order chi connectivity index (χ1) is 11.6. The Morgan fingerprint density at radius 1 is 1.38 bits per heavy atom. The van der Waals surface area contributed by atoms with E-state index in [9.17, 15) is 10.2 Å². The van der Waals surface area contributed by atoms with Gasteiger partial charge in [0.05, 0.1) is 25.9 Å². The van der Waals surface area contributed by atoms with Crippen LogP contribution in [0.1, 0.15) is 13.3 Å². The topological polar surface area (TPSA) is 110 Å². The van der Waals surface area contributed by atoms with Gasteiger partial charge in [-0.05, 0) is 13.0 Å². The molecule has 0 amide bonds. The fraction of sp³-hybridized carbons (Fsp3) is 0.733. The molecule has 0 radical (unpaired) electrons. The third-order valence-electron chi connectivity index (χ3n) is 4.37. The van der Waals surface area contributed by atoms with E-state index in [1.165, 1.54) is 4.90 Å². The summed E-state index contributed by atoms with van der Waals surface area (Å²) in [5, 5.41) is 29.2. The summed E-state index contributed by atoms with van der Waals surface area (Å²) in [7, 11) is 0. The first-order valence-electron chi connectivity index (χ1n) is 8.12. The normalized spacial score (nSPS) is 34.7. The minimum Gasteiger partial charge on any atom is -0.394 e. The van der Waals surface area contributed by atoms with Crippen molar-refractivity contribution in [3.05, 3.63) is 12.3 Å². The van der Waals surface area contributed by atoms with Crippen molar-refractivity contribution in [1.29, 1.82) is 0 Å². The van der Waals surface area contributed by atoms with Crippen LogP contribution in [0.15, 0.2) is 22.3 Å². The van der Waals surface area contributed by atoms with E-state index >= 15 is 0 Å². The maximum absolute atomic E-state index is 10.2. The minimum absolute atomic E-state index is 0.261. The van der Waals surface area contributed by atoms with Gasteiger partial charge in [-0.3, -0.25) is 0 Å². The van der Waals surface area contributed by atoms with Gasteiger partial charge in [-0.25, -0.2) is 9.98 Å². The van der Waals surface area contributed by atoms with Gasteiger partial charge in [-0.15, -0.1) is 0 Å². The number of rotatable bonds is 2. The van der Waals surface area contributed by atoms with Crippen LogP contribution in [0.5, 0.6) is 0 Å². The average Bonchev–Trinajstić information content (AvgIpc) is 2.96. The Labute approximate surface area is 140 Å².